The summed E-state index contributed by atoms with van der Waals surface area (Å²) in [5.41, 5.74) is -0.719. The van der Waals surface area contributed by atoms with Gasteiger partial charge in [-0.2, -0.15) is 0 Å². The first-order valence-corrected chi connectivity index (χ1v) is 7.40. The van der Waals surface area contributed by atoms with Crippen LogP contribution in [0.1, 0.15) is 49.1 Å². The Morgan fingerprint density at radius 2 is 2.05 bits per heavy atom. The highest BCUT2D eigenvalue weighted by Crippen LogP contribution is 2.28. The molecule has 116 valence electrons. The highest BCUT2D eigenvalue weighted by molar-refractivity contribution is 5.91. The fourth-order valence-corrected chi connectivity index (χ4v) is 2.51. The molecule has 1 aliphatic carbocycles. The smallest absolute Gasteiger partial charge is 0.286 e. The number of aliphatic hydroxyl groups is 1. The summed E-state index contributed by atoms with van der Waals surface area (Å²) in [6, 6.07) is 3.24. The molecule has 1 aromatic rings. The van der Waals surface area contributed by atoms with E-state index in [1.54, 1.807) is 12.1 Å². The van der Waals surface area contributed by atoms with Crippen molar-refractivity contribution < 1.29 is 19.1 Å². The van der Waals surface area contributed by atoms with Crippen molar-refractivity contribution in [1.29, 1.82) is 0 Å². The van der Waals surface area contributed by atoms with Gasteiger partial charge >= 0.3 is 0 Å². The van der Waals surface area contributed by atoms with Gasteiger partial charge in [0.25, 0.3) is 5.91 Å². The SMILES string of the molecule is O=C(CCCNC(=O)c1ccco1)NCC1(O)CCCC1. The predicted molar refractivity (Wildman–Crippen MR) is 76.7 cm³/mol. The molecule has 1 saturated carbocycles. The number of rotatable bonds is 7. The first-order valence-electron chi connectivity index (χ1n) is 7.40. The minimum absolute atomic E-state index is 0.0948. The highest BCUT2D eigenvalue weighted by Gasteiger charge is 2.31. The van der Waals surface area contributed by atoms with Gasteiger partial charge in [0.05, 0.1) is 11.9 Å². The van der Waals surface area contributed by atoms with Crippen molar-refractivity contribution in [1.82, 2.24) is 10.6 Å². The lowest BCUT2D eigenvalue weighted by Gasteiger charge is -2.22. The van der Waals surface area contributed by atoms with Crippen LogP contribution in [0.15, 0.2) is 22.8 Å². The van der Waals surface area contributed by atoms with Gasteiger partial charge in [-0.05, 0) is 31.4 Å². The van der Waals surface area contributed by atoms with E-state index in [1.165, 1.54) is 6.26 Å². The molecule has 0 saturated heterocycles. The zero-order valence-corrected chi connectivity index (χ0v) is 12.1. The molecule has 2 rings (SSSR count). The summed E-state index contributed by atoms with van der Waals surface area (Å²) in [7, 11) is 0. The first kappa shape index (κ1) is 15.6. The Morgan fingerprint density at radius 1 is 1.29 bits per heavy atom. The number of hydrogen-bond donors (Lipinski definition) is 3. The largest absolute Gasteiger partial charge is 0.459 e. The lowest BCUT2D eigenvalue weighted by Crippen LogP contribution is -2.40. The van der Waals surface area contributed by atoms with E-state index in [0.29, 0.717) is 25.9 Å². The number of hydrogen-bond acceptors (Lipinski definition) is 4. The number of carbonyl (C=O) groups is 2. The van der Waals surface area contributed by atoms with Gasteiger partial charge in [-0.15, -0.1) is 0 Å². The van der Waals surface area contributed by atoms with Crippen LogP contribution in [0.3, 0.4) is 0 Å². The predicted octanol–water partition coefficient (Wildman–Crippen LogP) is 1.21. The van der Waals surface area contributed by atoms with E-state index in [9.17, 15) is 14.7 Å². The average molecular weight is 294 g/mol. The van der Waals surface area contributed by atoms with E-state index in [-0.39, 0.29) is 17.6 Å². The van der Waals surface area contributed by atoms with Crippen molar-refractivity contribution in [2.24, 2.45) is 0 Å². The van der Waals surface area contributed by atoms with Gasteiger partial charge in [-0.3, -0.25) is 9.59 Å². The van der Waals surface area contributed by atoms with E-state index >= 15 is 0 Å². The third kappa shape index (κ3) is 4.90. The summed E-state index contributed by atoms with van der Waals surface area (Å²) >= 11 is 0. The van der Waals surface area contributed by atoms with Gasteiger partial charge in [0.1, 0.15) is 0 Å². The van der Waals surface area contributed by atoms with Gasteiger partial charge in [0, 0.05) is 19.5 Å². The van der Waals surface area contributed by atoms with Crippen LogP contribution in [0.2, 0.25) is 0 Å². The fourth-order valence-electron chi connectivity index (χ4n) is 2.51. The van der Waals surface area contributed by atoms with Crippen molar-refractivity contribution in [2.75, 3.05) is 13.1 Å². The standard InChI is InChI=1S/C15H22N2O4/c18-13(17-11-15(20)7-1-2-8-15)6-3-9-16-14(19)12-5-4-10-21-12/h4-5,10,20H,1-3,6-9,11H2,(H,16,19)(H,17,18). The maximum atomic E-state index is 11.7. The molecule has 6 heteroatoms. The molecule has 0 aromatic carbocycles. The second kappa shape index (κ2) is 7.26. The molecule has 1 aromatic heterocycles. The van der Waals surface area contributed by atoms with Crippen LogP contribution in [-0.2, 0) is 4.79 Å². The van der Waals surface area contributed by atoms with Crippen LogP contribution in [0.25, 0.3) is 0 Å². The maximum Gasteiger partial charge on any atom is 0.286 e. The maximum absolute atomic E-state index is 11.7. The summed E-state index contributed by atoms with van der Waals surface area (Å²) in [4.78, 5) is 23.2. The number of nitrogens with one attached hydrogen (secondary N) is 2. The molecule has 1 heterocycles. The van der Waals surface area contributed by atoms with Crippen LogP contribution in [0.4, 0.5) is 0 Å². The minimum atomic E-state index is -0.719. The van der Waals surface area contributed by atoms with E-state index in [2.05, 4.69) is 10.6 Å². The van der Waals surface area contributed by atoms with Gasteiger partial charge in [-0.25, -0.2) is 0 Å². The summed E-state index contributed by atoms with van der Waals surface area (Å²) in [5.74, 6) is -0.105. The highest BCUT2D eigenvalue weighted by atomic mass is 16.3. The first-order chi connectivity index (χ1) is 10.1. The second-order valence-electron chi connectivity index (χ2n) is 5.54. The third-order valence-electron chi connectivity index (χ3n) is 3.76. The Morgan fingerprint density at radius 3 is 2.71 bits per heavy atom. The lowest BCUT2D eigenvalue weighted by atomic mass is 10.0. The quantitative estimate of drug-likeness (QED) is 0.659. The molecule has 0 spiro atoms. The Bertz CT molecular complexity index is 464. The zero-order valence-electron chi connectivity index (χ0n) is 12.1. The van der Waals surface area contributed by atoms with E-state index in [1.807, 2.05) is 0 Å². The van der Waals surface area contributed by atoms with Crippen molar-refractivity contribution in [2.45, 2.75) is 44.1 Å². The number of amides is 2. The normalized spacial score (nSPS) is 16.6. The number of furan rings is 1. The molecule has 0 aliphatic heterocycles. The molecule has 1 fully saturated rings. The van der Waals surface area contributed by atoms with E-state index in [0.717, 1.165) is 25.7 Å². The lowest BCUT2D eigenvalue weighted by molar-refractivity contribution is -0.122. The van der Waals surface area contributed by atoms with Gasteiger partial charge in [-0.1, -0.05) is 12.8 Å². The van der Waals surface area contributed by atoms with Crippen LogP contribution >= 0.6 is 0 Å². The molecular formula is C15H22N2O4. The van der Waals surface area contributed by atoms with Gasteiger partial charge in [0.2, 0.25) is 5.91 Å². The summed E-state index contributed by atoms with van der Waals surface area (Å²) in [6.45, 7) is 0.738. The molecule has 6 nitrogen and oxygen atoms in total. The van der Waals surface area contributed by atoms with Gasteiger partial charge < -0.3 is 20.2 Å². The Labute approximate surface area is 123 Å². The molecule has 0 unspecified atom stereocenters. The molecule has 1 aliphatic rings. The van der Waals surface area contributed by atoms with Crippen LogP contribution in [-0.4, -0.2) is 35.6 Å². The molecule has 0 atom stereocenters. The monoisotopic (exact) mass is 294 g/mol. The van der Waals surface area contributed by atoms with Crippen LogP contribution < -0.4 is 10.6 Å². The van der Waals surface area contributed by atoms with Crippen molar-refractivity contribution in [3.05, 3.63) is 24.2 Å². The summed E-state index contributed by atoms with van der Waals surface area (Å²) < 4.78 is 4.96. The van der Waals surface area contributed by atoms with E-state index in [4.69, 9.17) is 4.42 Å². The molecule has 2 amide bonds. The topological polar surface area (TPSA) is 91.6 Å². The zero-order chi connectivity index (χ0) is 15.1. The van der Waals surface area contributed by atoms with Crippen LogP contribution in [0.5, 0.6) is 0 Å². The fraction of sp³-hybridized carbons (Fsp3) is 0.600. The molecule has 21 heavy (non-hydrogen) atoms. The summed E-state index contributed by atoms with van der Waals surface area (Å²) in [6.07, 6.45) is 5.87. The Hall–Kier alpha value is -1.82. The van der Waals surface area contributed by atoms with E-state index < -0.39 is 5.60 Å². The summed E-state index contributed by atoms with van der Waals surface area (Å²) in [5, 5.41) is 15.6. The molecule has 0 bridgehead atoms. The molecule has 0 radical (unpaired) electrons. The Kier molecular flexibility index (Phi) is 5.38. The molecular weight excluding hydrogens is 272 g/mol. The molecule has 3 N–H and O–H groups in total. The van der Waals surface area contributed by atoms with Crippen LogP contribution in [0, 0.1) is 0 Å². The third-order valence-corrected chi connectivity index (χ3v) is 3.76. The Balaban J connectivity index is 1.56. The van der Waals surface area contributed by atoms with Crippen molar-refractivity contribution >= 4 is 11.8 Å². The second-order valence-corrected chi connectivity index (χ2v) is 5.54. The minimum Gasteiger partial charge on any atom is -0.459 e. The van der Waals surface area contributed by atoms with Crippen molar-refractivity contribution in [3.63, 3.8) is 0 Å². The average Bonchev–Trinajstić information content (AvgIpc) is 3.13. The van der Waals surface area contributed by atoms with Gasteiger partial charge in [0.15, 0.2) is 5.76 Å². The number of carbonyl (C=O) groups excluding carboxylic acids is 2. The van der Waals surface area contributed by atoms with Crippen molar-refractivity contribution in [3.8, 4) is 0 Å².